The fraction of sp³-hybridized carbons (Fsp3) is 0.650. The predicted molar refractivity (Wildman–Crippen MR) is 113 cm³/mol. The summed E-state index contributed by atoms with van der Waals surface area (Å²) in [5, 5.41) is 2.84. The van der Waals surface area contributed by atoms with E-state index in [0.717, 1.165) is 32.7 Å². The quantitative estimate of drug-likeness (QED) is 0.670. The van der Waals surface area contributed by atoms with E-state index in [1.165, 1.54) is 20.3 Å². The molecule has 1 heterocycles. The Balaban J connectivity index is 1.92. The zero-order valence-corrected chi connectivity index (χ0v) is 18.7. The highest BCUT2D eigenvalue weighted by Gasteiger charge is 2.22. The van der Waals surface area contributed by atoms with Gasteiger partial charge in [0.15, 0.2) is 0 Å². The van der Waals surface area contributed by atoms with Crippen molar-refractivity contribution in [3.8, 4) is 0 Å². The molecule has 1 aromatic carbocycles. The van der Waals surface area contributed by atoms with Crippen molar-refractivity contribution in [3.05, 3.63) is 32.4 Å². The maximum absolute atomic E-state index is 11.9. The molecule has 1 fully saturated rings. The number of ether oxygens (including phenoxy) is 2. The predicted octanol–water partition coefficient (Wildman–Crippen LogP) is 4.02. The molecular formula is C20H31IN2O3. The van der Waals surface area contributed by atoms with Crippen LogP contribution in [0.1, 0.15) is 43.9 Å². The summed E-state index contributed by atoms with van der Waals surface area (Å²) in [6.07, 6.45) is 0.599. The van der Waals surface area contributed by atoms with E-state index in [-0.39, 0.29) is 12.2 Å². The maximum atomic E-state index is 11.9. The minimum atomic E-state index is -0.485. The number of amides is 1. The third kappa shape index (κ3) is 7.04. The van der Waals surface area contributed by atoms with Gasteiger partial charge in [0.2, 0.25) is 0 Å². The van der Waals surface area contributed by atoms with Crippen LogP contribution in [0.2, 0.25) is 0 Å². The molecule has 0 radical (unpaired) electrons. The highest BCUT2D eigenvalue weighted by molar-refractivity contribution is 14.1. The minimum absolute atomic E-state index is 0.0183. The number of hydrogen-bond donors (Lipinski definition) is 1. The van der Waals surface area contributed by atoms with E-state index in [0.29, 0.717) is 6.54 Å². The Morgan fingerprint density at radius 1 is 1.35 bits per heavy atom. The Morgan fingerprint density at radius 3 is 2.77 bits per heavy atom. The summed E-state index contributed by atoms with van der Waals surface area (Å²) in [4.78, 5) is 14.3. The smallest absolute Gasteiger partial charge is 0.407 e. The first-order chi connectivity index (χ1) is 12.1. The van der Waals surface area contributed by atoms with E-state index in [4.69, 9.17) is 9.47 Å². The van der Waals surface area contributed by atoms with Crippen molar-refractivity contribution in [2.24, 2.45) is 0 Å². The Kier molecular flexibility index (Phi) is 7.73. The number of rotatable bonds is 4. The largest absolute Gasteiger partial charge is 0.444 e. The first kappa shape index (κ1) is 21.4. The molecule has 0 aliphatic carbocycles. The van der Waals surface area contributed by atoms with E-state index >= 15 is 0 Å². The van der Waals surface area contributed by atoms with Crippen molar-refractivity contribution < 1.29 is 14.3 Å². The van der Waals surface area contributed by atoms with Gasteiger partial charge in [-0.1, -0.05) is 6.07 Å². The van der Waals surface area contributed by atoms with Gasteiger partial charge in [0, 0.05) is 36.4 Å². The number of halogens is 1. The average molecular weight is 474 g/mol. The second kappa shape index (κ2) is 9.37. The molecule has 0 spiro atoms. The zero-order chi connectivity index (χ0) is 19.3. The standard InChI is InChI=1S/C20H31IN2O3/c1-14-10-18(21)15(2)9-16(14)12-23-7-6-8-25-17(13-23)11-22-19(24)26-20(3,4)5/h9-10,17H,6-8,11-13H2,1-5H3,(H,22,24). The topological polar surface area (TPSA) is 50.8 Å². The second-order valence-electron chi connectivity index (χ2n) is 7.99. The first-order valence-corrected chi connectivity index (χ1v) is 10.3. The Bertz CT molecular complexity index is 628. The normalized spacial score (nSPS) is 19.1. The van der Waals surface area contributed by atoms with E-state index in [1.54, 1.807) is 0 Å². The summed E-state index contributed by atoms with van der Waals surface area (Å²) < 4.78 is 12.5. The molecule has 1 aliphatic heterocycles. The van der Waals surface area contributed by atoms with Gasteiger partial charge in [-0.15, -0.1) is 0 Å². The summed E-state index contributed by atoms with van der Waals surface area (Å²) in [6, 6.07) is 4.54. The van der Waals surface area contributed by atoms with Crippen LogP contribution in [-0.2, 0) is 16.0 Å². The molecular weight excluding hydrogens is 443 g/mol. The molecule has 1 saturated heterocycles. The highest BCUT2D eigenvalue weighted by atomic mass is 127. The van der Waals surface area contributed by atoms with Crippen LogP contribution in [0.15, 0.2) is 12.1 Å². The summed E-state index contributed by atoms with van der Waals surface area (Å²) in [5.74, 6) is 0. The molecule has 0 aromatic heterocycles. The second-order valence-corrected chi connectivity index (χ2v) is 9.15. The van der Waals surface area contributed by atoms with E-state index in [9.17, 15) is 4.79 Å². The lowest BCUT2D eigenvalue weighted by atomic mass is 10.0. The zero-order valence-electron chi connectivity index (χ0n) is 16.5. The first-order valence-electron chi connectivity index (χ1n) is 9.20. The number of hydrogen-bond acceptors (Lipinski definition) is 4. The molecule has 2 rings (SSSR count). The Morgan fingerprint density at radius 2 is 2.08 bits per heavy atom. The van der Waals surface area contributed by atoms with Crippen molar-refractivity contribution in [3.63, 3.8) is 0 Å². The third-order valence-corrected chi connectivity index (χ3v) is 5.48. The van der Waals surface area contributed by atoms with Crippen LogP contribution in [0, 0.1) is 17.4 Å². The molecule has 1 atom stereocenters. The van der Waals surface area contributed by atoms with Crippen molar-refractivity contribution in [2.75, 3.05) is 26.2 Å². The molecule has 1 aliphatic rings. The summed E-state index contributed by atoms with van der Waals surface area (Å²) in [5.41, 5.74) is 3.53. The van der Waals surface area contributed by atoms with Crippen molar-refractivity contribution in [2.45, 2.75) is 59.3 Å². The van der Waals surface area contributed by atoms with Crippen molar-refractivity contribution in [1.29, 1.82) is 0 Å². The van der Waals surface area contributed by atoms with Gasteiger partial charge >= 0.3 is 6.09 Å². The summed E-state index contributed by atoms with van der Waals surface area (Å²) in [6.45, 7) is 13.8. The molecule has 0 bridgehead atoms. The third-order valence-electron chi connectivity index (χ3n) is 4.32. The van der Waals surface area contributed by atoms with Gasteiger partial charge in [0.1, 0.15) is 5.60 Å². The van der Waals surface area contributed by atoms with Crippen LogP contribution in [0.25, 0.3) is 0 Å². The van der Waals surface area contributed by atoms with Crippen LogP contribution in [-0.4, -0.2) is 48.9 Å². The van der Waals surface area contributed by atoms with Crippen molar-refractivity contribution in [1.82, 2.24) is 10.2 Å². The van der Waals surface area contributed by atoms with Gasteiger partial charge in [-0.05, 0) is 86.4 Å². The lowest BCUT2D eigenvalue weighted by molar-refractivity contribution is 0.0346. The van der Waals surface area contributed by atoms with Gasteiger partial charge in [0.05, 0.1) is 6.10 Å². The van der Waals surface area contributed by atoms with Gasteiger partial charge in [-0.25, -0.2) is 4.79 Å². The fourth-order valence-corrected chi connectivity index (χ4v) is 3.62. The molecule has 6 heteroatoms. The van der Waals surface area contributed by atoms with E-state index in [2.05, 4.69) is 58.8 Å². The highest BCUT2D eigenvalue weighted by Crippen LogP contribution is 2.20. The van der Waals surface area contributed by atoms with Gasteiger partial charge < -0.3 is 14.8 Å². The molecule has 1 amide bonds. The number of carbonyl (C=O) groups excluding carboxylic acids is 1. The number of carbonyl (C=O) groups is 1. The minimum Gasteiger partial charge on any atom is -0.444 e. The number of nitrogens with one attached hydrogen (secondary N) is 1. The van der Waals surface area contributed by atoms with Crippen molar-refractivity contribution >= 4 is 28.7 Å². The number of nitrogens with zero attached hydrogens (tertiary/aromatic N) is 1. The van der Waals surface area contributed by atoms with Gasteiger partial charge in [-0.2, -0.15) is 0 Å². The molecule has 0 saturated carbocycles. The van der Waals surface area contributed by atoms with Crippen LogP contribution >= 0.6 is 22.6 Å². The molecule has 1 N–H and O–H groups in total. The summed E-state index contributed by atoms with van der Waals surface area (Å²) in [7, 11) is 0. The van der Waals surface area contributed by atoms with E-state index in [1.807, 2.05) is 20.8 Å². The van der Waals surface area contributed by atoms with Crippen LogP contribution in [0.5, 0.6) is 0 Å². The molecule has 26 heavy (non-hydrogen) atoms. The fourth-order valence-electron chi connectivity index (χ4n) is 3.00. The van der Waals surface area contributed by atoms with Gasteiger partial charge in [0.25, 0.3) is 0 Å². The molecule has 146 valence electrons. The van der Waals surface area contributed by atoms with Crippen LogP contribution < -0.4 is 5.32 Å². The van der Waals surface area contributed by atoms with Crippen LogP contribution in [0.4, 0.5) is 4.79 Å². The number of benzene rings is 1. The monoisotopic (exact) mass is 474 g/mol. The Hall–Kier alpha value is -0.860. The van der Waals surface area contributed by atoms with Gasteiger partial charge in [-0.3, -0.25) is 4.90 Å². The average Bonchev–Trinajstić information content (AvgIpc) is 2.74. The number of alkyl carbamates (subject to hydrolysis) is 1. The molecule has 1 unspecified atom stereocenters. The molecule has 1 aromatic rings. The van der Waals surface area contributed by atoms with E-state index < -0.39 is 5.60 Å². The summed E-state index contributed by atoms with van der Waals surface area (Å²) >= 11 is 2.39. The lowest BCUT2D eigenvalue weighted by Gasteiger charge is -2.25. The molecule has 5 nitrogen and oxygen atoms in total. The lowest BCUT2D eigenvalue weighted by Crippen LogP contribution is -2.41. The number of aryl methyl sites for hydroxylation is 2. The Labute approximate surface area is 170 Å². The maximum Gasteiger partial charge on any atom is 0.407 e. The van der Waals surface area contributed by atoms with Crippen LogP contribution in [0.3, 0.4) is 0 Å². The SMILES string of the molecule is Cc1cc(CN2CCCOC(CNC(=O)OC(C)(C)C)C2)c(C)cc1I.